The summed E-state index contributed by atoms with van der Waals surface area (Å²) in [4.78, 5) is 2.72. The second-order valence-electron chi connectivity index (χ2n) is 27.2. The molecule has 3 nitrogen and oxygen atoms in total. The molecule has 0 saturated heterocycles. The summed E-state index contributed by atoms with van der Waals surface area (Å²) in [6.07, 6.45) is 6.22. The molecule has 11 aromatic carbocycles. The molecule has 2 aliphatic heterocycles. The van der Waals surface area contributed by atoms with Crippen LogP contribution in [0.25, 0.3) is 55.0 Å². The Bertz CT molecular complexity index is 4980. The van der Waals surface area contributed by atoms with Crippen LogP contribution < -0.4 is 53.0 Å². The Kier molecular flexibility index (Phi) is 12.7. The molecule has 0 fully saturated rings. The average Bonchev–Trinajstić information content (AvgIpc) is 1.67. The molecule has 0 saturated carbocycles. The number of para-hydroxylation sites is 2. The van der Waals surface area contributed by atoms with Crippen molar-refractivity contribution in [2.24, 2.45) is 5.92 Å². The average molecular weight is 1160 g/mol. The molecule has 2 aromatic heterocycles. The van der Waals surface area contributed by atoms with Gasteiger partial charge in [0.15, 0.2) is 8.07 Å². The highest BCUT2D eigenvalue weighted by Gasteiger charge is 2.48. The van der Waals surface area contributed by atoms with Crippen molar-refractivity contribution < 1.29 is 0 Å². The number of rotatable bonds is 8. The first kappa shape index (κ1) is 55.0. The fourth-order valence-electron chi connectivity index (χ4n) is 16.9. The van der Waals surface area contributed by atoms with Gasteiger partial charge in [0, 0.05) is 50.0 Å². The van der Waals surface area contributed by atoms with E-state index in [1.165, 1.54) is 159 Å². The van der Waals surface area contributed by atoms with Gasteiger partial charge in [-0.15, -0.1) is 0 Å². The van der Waals surface area contributed by atoms with Gasteiger partial charge < -0.3 is 14.0 Å². The number of nitrogens with zero attached hydrogens (tertiary/aromatic N) is 3. The summed E-state index contributed by atoms with van der Waals surface area (Å²) in [5, 5.41) is 10.4. The third-order valence-corrected chi connectivity index (χ3v) is 25.2. The standard InChI is InChI=1S/C83H73B2N3Si/c1-52-34-42-70-77(48-52)88-76-43-35-59(83(8,9)10)49-71(76)85(79-57(6)46-54(3)47-58(79)7)73-51-61(50-72(82(73)88)84(70)78-55(4)44-53(2)45-56(78)5)87-75-33-23-21-31-67(75)69-41-40-68-66-30-20-22-32-74(66)86(80(68)81(69)87)60-36-38-65(39-37-60)89(62-24-14-11-15-25-62,63-26-16-12-17-27-63)64-28-18-13-19-29-64/h11-33,35-52H,34H2,1-10H3. The summed E-state index contributed by atoms with van der Waals surface area (Å²) in [6.45, 7) is 23.4. The van der Waals surface area contributed by atoms with Crippen molar-refractivity contribution in [3.63, 3.8) is 0 Å². The Morgan fingerprint density at radius 2 is 0.876 bits per heavy atom. The zero-order valence-electron chi connectivity index (χ0n) is 52.9. The first-order chi connectivity index (χ1) is 43.2. The Morgan fingerprint density at radius 3 is 1.38 bits per heavy atom. The molecular formula is C83H73B2N3Si. The molecule has 89 heavy (non-hydrogen) atoms. The highest BCUT2D eigenvalue weighted by atomic mass is 28.3. The summed E-state index contributed by atoms with van der Waals surface area (Å²) in [5.41, 5.74) is 28.6. The number of benzene rings is 11. The molecular weight excluding hydrogens is 1090 g/mol. The Balaban J connectivity index is 1.03. The molecule has 13 aromatic rings. The molecule has 0 bridgehead atoms. The van der Waals surface area contributed by atoms with E-state index in [-0.39, 0.29) is 18.8 Å². The topological polar surface area (TPSA) is 13.1 Å². The monoisotopic (exact) mass is 1160 g/mol. The molecule has 1 aliphatic carbocycles. The maximum Gasteiger partial charge on any atom is 0.247 e. The van der Waals surface area contributed by atoms with Crippen molar-refractivity contribution in [2.45, 2.75) is 81.1 Å². The highest BCUT2D eigenvalue weighted by molar-refractivity contribution is 7.20. The summed E-state index contributed by atoms with van der Waals surface area (Å²) in [6, 6.07) is 89.2. The van der Waals surface area contributed by atoms with Crippen LogP contribution >= 0.6 is 0 Å². The lowest BCUT2D eigenvalue weighted by molar-refractivity contribution is 0.591. The maximum absolute atomic E-state index is 2.81. The predicted octanol–water partition coefficient (Wildman–Crippen LogP) is 14.4. The SMILES string of the molecule is Cc1cc(C)c(B2C3=CCC(C)C=C3N3c4ccc(C(C)(C)C)cc4B(c4c(C)cc(C)cc4C)c4cc(-n5c6ccccc6c6ccc7c8ccccc8n(-c8ccc([Si](c9ccccc9)(c9ccccc9)c9ccccc9)cc8)c7c65)cc2c43)c(C)c1. The molecule has 1 atom stereocenters. The minimum atomic E-state index is -2.81. The van der Waals surface area contributed by atoms with Crippen LogP contribution in [0.3, 0.4) is 0 Å². The van der Waals surface area contributed by atoms with E-state index in [9.17, 15) is 0 Å². The van der Waals surface area contributed by atoms with Crippen LogP contribution in [0, 0.1) is 47.5 Å². The summed E-state index contributed by atoms with van der Waals surface area (Å²) < 4.78 is 5.27. The number of anilines is 2. The van der Waals surface area contributed by atoms with Crippen LogP contribution in [0.2, 0.25) is 0 Å². The van der Waals surface area contributed by atoms with Crippen molar-refractivity contribution in [3.05, 3.63) is 293 Å². The molecule has 1 unspecified atom stereocenters. The summed E-state index contributed by atoms with van der Waals surface area (Å²) >= 11 is 0. The van der Waals surface area contributed by atoms with Crippen LogP contribution in [-0.4, -0.2) is 30.6 Å². The lowest BCUT2D eigenvalue weighted by atomic mass is 9.28. The van der Waals surface area contributed by atoms with Gasteiger partial charge in [-0.3, -0.25) is 0 Å². The largest absolute Gasteiger partial charge is 0.313 e. The normalized spacial score (nSPS) is 14.8. The van der Waals surface area contributed by atoms with E-state index in [0.29, 0.717) is 5.92 Å². The number of aromatic nitrogens is 2. The lowest BCUT2D eigenvalue weighted by Crippen LogP contribution is -2.74. The quantitative estimate of drug-likeness (QED) is 0.109. The van der Waals surface area contributed by atoms with Gasteiger partial charge in [0.25, 0.3) is 0 Å². The van der Waals surface area contributed by atoms with Gasteiger partial charge in [-0.1, -0.05) is 272 Å². The minimum Gasteiger partial charge on any atom is -0.313 e. The number of aryl methyl sites for hydroxylation is 6. The van der Waals surface area contributed by atoms with E-state index >= 15 is 0 Å². The maximum atomic E-state index is 2.72. The predicted molar refractivity (Wildman–Crippen MR) is 387 cm³/mol. The van der Waals surface area contributed by atoms with Gasteiger partial charge in [-0.25, -0.2) is 0 Å². The smallest absolute Gasteiger partial charge is 0.247 e. The molecule has 16 rings (SSSR count). The number of hydrogen-bond acceptors (Lipinski definition) is 1. The fourth-order valence-corrected chi connectivity index (χ4v) is 21.6. The van der Waals surface area contributed by atoms with Crippen molar-refractivity contribution >= 4 is 125 Å². The van der Waals surface area contributed by atoms with E-state index in [2.05, 4.69) is 326 Å². The zero-order chi connectivity index (χ0) is 60.8. The molecule has 0 spiro atoms. The number of hydrogen-bond donors (Lipinski definition) is 0. The second-order valence-corrected chi connectivity index (χ2v) is 31.0. The van der Waals surface area contributed by atoms with E-state index in [1.807, 2.05) is 0 Å². The van der Waals surface area contributed by atoms with Gasteiger partial charge in [-0.05, 0) is 150 Å². The molecule has 0 radical (unpaired) electrons. The fraction of sp³-hybridized carbons (Fsp3) is 0.157. The van der Waals surface area contributed by atoms with Gasteiger partial charge in [0.2, 0.25) is 13.4 Å². The third-order valence-electron chi connectivity index (χ3n) is 20.4. The highest BCUT2D eigenvalue weighted by Crippen LogP contribution is 2.46. The van der Waals surface area contributed by atoms with E-state index in [1.54, 1.807) is 0 Å². The van der Waals surface area contributed by atoms with Crippen molar-refractivity contribution in [3.8, 4) is 11.4 Å². The molecule has 430 valence electrons. The van der Waals surface area contributed by atoms with Gasteiger partial charge in [0.1, 0.15) is 0 Å². The summed E-state index contributed by atoms with van der Waals surface area (Å²) in [7, 11) is -2.81. The van der Waals surface area contributed by atoms with E-state index in [4.69, 9.17) is 0 Å². The lowest BCUT2D eigenvalue weighted by Gasteiger charge is -2.47. The van der Waals surface area contributed by atoms with Crippen molar-refractivity contribution in [1.29, 1.82) is 0 Å². The van der Waals surface area contributed by atoms with E-state index < -0.39 is 8.07 Å². The molecule has 3 aliphatic rings. The van der Waals surface area contributed by atoms with Crippen molar-refractivity contribution in [1.82, 2.24) is 9.13 Å². The first-order valence-corrected chi connectivity index (χ1v) is 34.1. The molecule has 0 N–H and O–H groups in total. The minimum absolute atomic E-state index is 0.00744. The molecule has 6 heteroatoms. The zero-order valence-corrected chi connectivity index (χ0v) is 53.9. The summed E-state index contributed by atoms with van der Waals surface area (Å²) in [5.74, 6) is 0.389. The van der Waals surface area contributed by atoms with Gasteiger partial charge in [-0.2, -0.15) is 0 Å². The van der Waals surface area contributed by atoms with Crippen LogP contribution in [0.5, 0.6) is 0 Å². The Hall–Kier alpha value is -9.35. The molecule has 0 amide bonds. The molecule has 4 heterocycles. The second kappa shape index (κ2) is 20.6. The number of fused-ring (bicyclic) bond motifs is 11. The van der Waals surface area contributed by atoms with Gasteiger partial charge >= 0.3 is 0 Å². The van der Waals surface area contributed by atoms with Crippen molar-refractivity contribution in [2.75, 3.05) is 4.90 Å². The Morgan fingerprint density at radius 1 is 0.427 bits per heavy atom. The van der Waals surface area contributed by atoms with Crippen LogP contribution in [-0.2, 0) is 5.41 Å². The first-order valence-electron chi connectivity index (χ1n) is 32.1. The van der Waals surface area contributed by atoms with Crippen LogP contribution in [0.1, 0.15) is 73.1 Å². The third kappa shape index (κ3) is 8.32. The van der Waals surface area contributed by atoms with Crippen LogP contribution in [0.15, 0.2) is 254 Å². The van der Waals surface area contributed by atoms with Crippen LogP contribution in [0.4, 0.5) is 11.4 Å². The number of allylic oxidation sites excluding steroid dienone is 3. The van der Waals surface area contributed by atoms with Gasteiger partial charge in [0.05, 0.1) is 22.1 Å². The van der Waals surface area contributed by atoms with E-state index in [0.717, 1.165) is 12.1 Å². The Labute approximate surface area is 526 Å².